The molecule has 0 aliphatic heterocycles. The fraction of sp³-hybridized carbons (Fsp3) is 0.276. The van der Waals surface area contributed by atoms with Crippen LogP contribution >= 0.6 is 0 Å². The maximum atomic E-state index is 12.7. The summed E-state index contributed by atoms with van der Waals surface area (Å²) in [7, 11) is 0. The molecule has 1 N–H and O–H groups in total. The van der Waals surface area contributed by atoms with Gasteiger partial charge in [-0.15, -0.1) is 0 Å². The number of alkyl carbamates (subject to hydrolysis) is 1. The average Bonchev–Trinajstić information content (AvgIpc) is 2.90. The van der Waals surface area contributed by atoms with Gasteiger partial charge < -0.3 is 19.4 Å². The van der Waals surface area contributed by atoms with Crippen LogP contribution in [0.3, 0.4) is 0 Å². The van der Waals surface area contributed by atoms with Crippen LogP contribution in [0.5, 0.6) is 0 Å². The van der Waals surface area contributed by atoms with Crippen LogP contribution in [0, 0.1) is 6.92 Å². The van der Waals surface area contributed by atoms with Gasteiger partial charge in [0.05, 0.1) is 6.61 Å². The number of aryl methyl sites for hydroxylation is 1. The summed E-state index contributed by atoms with van der Waals surface area (Å²) in [5, 5.41) is 3.66. The van der Waals surface area contributed by atoms with Crippen molar-refractivity contribution in [2.24, 2.45) is 0 Å². The molecule has 0 aliphatic carbocycles. The minimum Gasteiger partial charge on any atom is -0.449 e. The standard InChI is InChI=1S/C29H31N3O4/c1-4-32(5-2)24-11-12-25-20(3)26(28(33)36-27(25)17-24)13-15-35-29(34)31-18-21-8-6-9-22(16-21)23-10-7-14-30-19-23/h6-12,14,16-17,19H,4-5,13,15,18H2,1-3H3,(H,31,34). The molecular weight excluding hydrogens is 454 g/mol. The first-order valence-corrected chi connectivity index (χ1v) is 12.2. The highest BCUT2D eigenvalue weighted by Crippen LogP contribution is 2.25. The van der Waals surface area contributed by atoms with Gasteiger partial charge in [-0.05, 0) is 67.3 Å². The molecule has 7 nitrogen and oxygen atoms in total. The van der Waals surface area contributed by atoms with Crippen LogP contribution in [0.1, 0.15) is 30.5 Å². The lowest BCUT2D eigenvalue weighted by molar-refractivity contribution is 0.146. The summed E-state index contributed by atoms with van der Waals surface area (Å²) >= 11 is 0. The molecule has 1 amide bonds. The molecule has 36 heavy (non-hydrogen) atoms. The second kappa shape index (κ2) is 11.5. The zero-order valence-electron chi connectivity index (χ0n) is 20.9. The van der Waals surface area contributed by atoms with E-state index in [0.717, 1.165) is 46.4 Å². The molecule has 0 bridgehead atoms. The van der Waals surface area contributed by atoms with Crippen LogP contribution in [0.25, 0.3) is 22.1 Å². The largest absolute Gasteiger partial charge is 0.449 e. The Morgan fingerprint density at radius 2 is 1.86 bits per heavy atom. The van der Waals surface area contributed by atoms with E-state index < -0.39 is 11.7 Å². The van der Waals surface area contributed by atoms with Crippen molar-refractivity contribution in [2.45, 2.75) is 33.7 Å². The van der Waals surface area contributed by atoms with Gasteiger partial charge in [-0.25, -0.2) is 9.59 Å². The highest BCUT2D eigenvalue weighted by molar-refractivity contribution is 5.84. The van der Waals surface area contributed by atoms with E-state index in [1.807, 2.05) is 61.5 Å². The zero-order chi connectivity index (χ0) is 25.5. The molecule has 0 unspecified atom stereocenters. The molecule has 4 rings (SSSR count). The van der Waals surface area contributed by atoms with Gasteiger partial charge >= 0.3 is 11.7 Å². The number of pyridine rings is 1. The fourth-order valence-electron chi connectivity index (χ4n) is 4.32. The minimum absolute atomic E-state index is 0.0796. The van der Waals surface area contributed by atoms with Gasteiger partial charge in [0.15, 0.2) is 0 Å². The molecule has 2 aromatic carbocycles. The van der Waals surface area contributed by atoms with E-state index in [0.29, 0.717) is 17.7 Å². The molecule has 0 spiro atoms. The highest BCUT2D eigenvalue weighted by atomic mass is 16.5. The lowest BCUT2D eigenvalue weighted by Gasteiger charge is -2.21. The Morgan fingerprint density at radius 3 is 2.61 bits per heavy atom. The number of nitrogens with zero attached hydrogens (tertiary/aromatic N) is 2. The number of amides is 1. The number of ether oxygens (including phenoxy) is 1. The molecule has 0 aliphatic rings. The molecule has 7 heteroatoms. The SMILES string of the molecule is CCN(CC)c1ccc2c(C)c(CCOC(=O)NCc3cccc(-c4cccnc4)c3)c(=O)oc2c1. The van der Waals surface area contributed by atoms with E-state index >= 15 is 0 Å². The number of aromatic nitrogens is 1. The molecule has 0 saturated heterocycles. The number of hydrogen-bond acceptors (Lipinski definition) is 6. The van der Waals surface area contributed by atoms with Crippen molar-refractivity contribution in [1.82, 2.24) is 10.3 Å². The molecular formula is C29H31N3O4. The Bertz CT molecular complexity index is 1400. The summed E-state index contributed by atoms with van der Waals surface area (Å²) < 4.78 is 11.0. The summed E-state index contributed by atoms with van der Waals surface area (Å²) in [4.78, 5) is 31.3. The van der Waals surface area contributed by atoms with Gasteiger partial charge in [0.1, 0.15) is 5.58 Å². The summed E-state index contributed by atoms with van der Waals surface area (Å²) in [6.07, 6.45) is 3.28. The summed E-state index contributed by atoms with van der Waals surface area (Å²) in [6, 6.07) is 17.7. The smallest absolute Gasteiger partial charge is 0.407 e. The van der Waals surface area contributed by atoms with E-state index in [2.05, 4.69) is 29.0 Å². The van der Waals surface area contributed by atoms with Gasteiger partial charge in [0.2, 0.25) is 0 Å². The molecule has 0 radical (unpaired) electrons. The van der Waals surface area contributed by atoms with Crippen molar-refractivity contribution in [2.75, 3.05) is 24.6 Å². The molecule has 2 heterocycles. The van der Waals surface area contributed by atoms with Crippen molar-refractivity contribution in [1.29, 1.82) is 0 Å². The number of rotatable bonds is 9. The Balaban J connectivity index is 1.35. The van der Waals surface area contributed by atoms with Crippen molar-refractivity contribution in [3.05, 3.63) is 94.1 Å². The number of nitrogens with one attached hydrogen (secondary N) is 1. The number of hydrogen-bond donors (Lipinski definition) is 1. The molecule has 0 saturated carbocycles. The monoisotopic (exact) mass is 485 g/mol. The molecule has 0 atom stereocenters. The summed E-state index contributed by atoms with van der Waals surface area (Å²) in [6.45, 7) is 8.25. The van der Waals surface area contributed by atoms with Gasteiger partial charge in [-0.2, -0.15) is 0 Å². The van der Waals surface area contributed by atoms with Gasteiger partial charge in [-0.1, -0.05) is 24.3 Å². The lowest BCUT2D eigenvalue weighted by atomic mass is 10.0. The average molecular weight is 486 g/mol. The lowest BCUT2D eigenvalue weighted by Crippen LogP contribution is -2.25. The predicted octanol–water partition coefficient (Wildman–Crippen LogP) is 5.48. The van der Waals surface area contributed by atoms with Gasteiger partial charge in [0, 0.05) is 61.2 Å². The van der Waals surface area contributed by atoms with Gasteiger partial charge in [0.25, 0.3) is 0 Å². The highest BCUT2D eigenvalue weighted by Gasteiger charge is 2.14. The van der Waals surface area contributed by atoms with E-state index in [1.54, 1.807) is 12.4 Å². The van der Waals surface area contributed by atoms with Crippen LogP contribution in [0.15, 0.2) is 76.2 Å². The molecule has 4 aromatic rings. The van der Waals surface area contributed by atoms with E-state index in [4.69, 9.17) is 9.15 Å². The van der Waals surface area contributed by atoms with E-state index in [1.165, 1.54) is 0 Å². The van der Waals surface area contributed by atoms with E-state index in [-0.39, 0.29) is 13.0 Å². The predicted molar refractivity (Wildman–Crippen MR) is 142 cm³/mol. The Hall–Kier alpha value is -4.13. The maximum absolute atomic E-state index is 12.7. The number of carbonyl (C=O) groups is 1. The van der Waals surface area contributed by atoms with Gasteiger partial charge in [-0.3, -0.25) is 4.98 Å². The third kappa shape index (κ3) is 5.74. The third-order valence-corrected chi connectivity index (χ3v) is 6.34. The molecule has 186 valence electrons. The van der Waals surface area contributed by atoms with Crippen molar-refractivity contribution >= 4 is 22.7 Å². The number of carbonyl (C=O) groups excluding carboxylic acids is 1. The molecule has 0 fully saturated rings. The second-order valence-corrected chi connectivity index (χ2v) is 8.53. The van der Waals surface area contributed by atoms with Crippen molar-refractivity contribution < 1.29 is 13.9 Å². The van der Waals surface area contributed by atoms with Crippen molar-refractivity contribution in [3.63, 3.8) is 0 Å². The topological polar surface area (TPSA) is 84.7 Å². The van der Waals surface area contributed by atoms with Crippen LogP contribution in [-0.2, 0) is 17.7 Å². The minimum atomic E-state index is -0.534. The third-order valence-electron chi connectivity index (χ3n) is 6.34. The summed E-state index contributed by atoms with van der Waals surface area (Å²) in [5.41, 5.74) is 5.55. The van der Waals surface area contributed by atoms with Crippen LogP contribution in [0.2, 0.25) is 0 Å². The number of fused-ring (bicyclic) bond motifs is 1. The quantitative estimate of drug-likeness (QED) is 0.316. The van der Waals surface area contributed by atoms with Crippen LogP contribution in [0.4, 0.5) is 10.5 Å². The van der Waals surface area contributed by atoms with Crippen molar-refractivity contribution in [3.8, 4) is 11.1 Å². The summed E-state index contributed by atoms with van der Waals surface area (Å²) in [5.74, 6) is 0. The Kier molecular flexibility index (Phi) is 8.00. The second-order valence-electron chi connectivity index (χ2n) is 8.53. The Morgan fingerprint density at radius 1 is 1.06 bits per heavy atom. The first-order chi connectivity index (χ1) is 17.5. The normalized spacial score (nSPS) is 10.9. The van der Waals surface area contributed by atoms with Crippen LogP contribution < -0.4 is 15.8 Å². The number of anilines is 1. The Labute approximate surface area is 210 Å². The fourth-order valence-corrected chi connectivity index (χ4v) is 4.32. The number of benzene rings is 2. The zero-order valence-corrected chi connectivity index (χ0v) is 20.9. The van der Waals surface area contributed by atoms with E-state index in [9.17, 15) is 9.59 Å². The maximum Gasteiger partial charge on any atom is 0.407 e. The first kappa shape index (κ1) is 25.0. The van der Waals surface area contributed by atoms with Crippen LogP contribution in [-0.4, -0.2) is 30.8 Å². The molecule has 2 aromatic heterocycles. The first-order valence-electron chi connectivity index (χ1n) is 12.2.